The van der Waals surface area contributed by atoms with Crippen LogP contribution in [0.2, 0.25) is 0 Å². The molecule has 2 saturated heterocycles. The molecule has 2 aliphatic rings. The maximum absolute atomic E-state index is 11.9. The molecule has 33 heavy (non-hydrogen) atoms. The van der Waals surface area contributed by atoms with Crippen molar-refractivity contribution in [3.63, 3.8) is 0 Å². The lowest BCUT2D eigenvalue weighted by molar-refractivity contribution is -0.189. The highest BCUT2D eigenvalue weighted by Gasteiger charge is 2.60. The van der Waals surface area contributed by atoms with Crippen molar-refractivity contribution in [1.29, 1.82) is 0 Å². The molecule has 4 rings (SSSR count). The summed E-state index contributed by atoms with van der Waals surface area (Å²) in [6.07, 6.45) is 0.642. The second kappa shape index (κ2) is 9.72. The number of piperidine rings is 2. The number of ether oxygens (including phenoxy) is 1. The lowest BCUT2D eigenvalue weighted by Crippen LogP contribution is -2.73. The van der Waals surface area contributed by atoms with E-state index in [1.165, 1.54) is 0 Å². The van der Waals surface area contributed by atoms with Gasteiger partial charge in [0.05, 0.1) is 23.9 Å². The smallest absolute Gasteiger partial charge is 0.265 e. The Balaban J connectivity index is 1.63. The van der Waals surface area contributed by atoms with Crippen LogP contribution in [0.3, 0.4) is 0 Å². The fourth-order valence-electron chi connectivity index (χ4n) is 5.61. The molecule has 2 aromatic rings. The number of aliphatic hydroxyl groups is 2. The van der Waals surface area contributed by atoms with E-state index >= 15 is 0 Å². The summed E-state index contributed by atoms with van der Waals surface area (Å²) in [5.41, 5.74) is 0.973. The Morgan fingerprint density at radius 2 is 1.76 bits per heavy atom. The van der Waals surface area contributed by atoms with E-state index in [-0.39, 0.29) is 12.5 Å². The molecule has 0 amide bonds. The van der Waals surface area contributed by atoms with E-state index < -0.39 is 34.0 Å². The molecule has 2 aliphatic heterocycles. The molecular formula is C25H33NO6S. The zero-order valence-corrected chi connectivity index (χ0v) is 19.9. The lowest BCUT2D eigenvalue weighted by Gasteiger charge is -2.60. The molecule has 7 nitrogen and oxygen atoms in total. The van der Waals surface area contributed by atoms with Crippen LogP contribution in [0.5, 0.6) is 5.75 Å². The van der Waals surface area contributed by atoms with E-state index in [0.29, 0.717) is 31.7 Å². The zero-order valence-electron chi connectivity index (χ0n) is 19.1. The summed E-state index contributed by atoms with van der Waals surface area (Å²) in [5, 5.41) is 22.6. The fourth-order valence-corrected chi connectivity index (χ4v) is 6.20. The highest BCUT2D eigenvalue weighted by Crippen LogP contribution is 2.50. The van der Waals surface area contributed by atoms with Gasteiger partial charge < -0.3 is 14.9 Å². The average molecular weight is 476 g/mol. The number of nitrogens with zero attached hydrogens (tertiary/aromatic N) is 1. The number of aliphatic hydroxyl groups excluding tert-OH is 2. The maximum Gasteiger partial charge on any atom is 0.265 e. The Bertz CT molecular complexity index is 1030. The third-order valence-corrected chi connectivity index (χ3v) is 7.53. The maximum atomic E-state index is 11.9. The van der Waals surface area contributed by atoms with E-state index in [1.807, 2.05) is 66.4 Å². The molecule has 0 radical (unpaired) electrons. The normalized spacial score (nSPS) is 31.8. The SMILES string of the molecule is CCCC1N2CCC(O)C1(c1ccc(OCc3ccccc3)cc1)C(O)CC2OS(C)(=O)=O. The molecule has 2 heterocycles. The molecule has 180 valence electrons. The van der Waals surface area contributed by atoms with Crippen molar-refractivity contribution in [3.8, 4) is 5.75 Å². The van der Waals surface area contributed by atoms with Gasteiger partial charge in [-0.2, -0.15) is 8.42 Å². The number of benzene rings is 2. The van der Waals surface area contributed by atoms with Crippen molar-refractivity contribution in [2.45, 2.75) is 69.1 Å². The van der Waals surface area contributed by atoms with Crippen molar-refractivity contribution < 1.29 is 27.6 Å². The van der Waals surface area contributed by atoms with Crippen molar-refractivity contribution in [2.75, 3.05) is 12.8 Å². The first-order valence-corrected chi connectivity index (χ1v) is 13.3. The minimum absolute atomic E-state index is 0.108. The monoisotopic (exact) mass is 475 g/mol. The summed E-state index contributed by atoms with van der Waals surface area (Å²) >= 11 is 0. The second-order valence-electron chi connectivity index (χ2n) is 9.08. The number of rotatable bonds is 8. The van der Waals surface area contributed by atoms with Crippen molar-refractivity contribution >= 4 is 10.1 Å². The molecule has 2 fully saturated rings. The standard InChI is InChI=1S/C25H33NO6S/c1-3-7-21-25(19-10-12-20(13-11-19)31-17-18-8-5-4-6-9-18)22(27)14-15-26(21)24(16-23(25)28)32-33(2,29)30/h4-6,8-13,21-24,27-28H,3,7,14-17H2,1-2H3. The van der Waals surface area contributed by atoms with Gasteiger partial charge in [0.2, 0.25) is 0 Å². The third-order valence-electron chi connectivity index (χ3n) is 6.96. The summed E-state index contributed by atoms with van der Waals surface area (Å²) in [6, 6.07) is 17.2. The number of fused-ring (bicyclic) bond motifs is 2. The van der Waals surface area contributed by atoms with Gasteiger partial charge in [0.25, 0.3) is 10.1 Å². The van der Waals surface area contributed by atoms with Gasteiger partial charge in [-0.05, 0) is 36.1 Å². The van der Waals surface area contributed by atoms with E-state index in [1.54, 1.807) is 0 Å². The topological polar surface area (TPSA) is 96.3 Å². The van der Waals surface area contributed by atoms with Gasteiger partial charge in [-0.1, -0.05) is 55.8 Å². The molecule has 6 unspecified atom stereocenters. The van der Waals surface area contributed by atoms with Crippen LogP contribution in [0.1, 0.15) is 43.7 Å². The Morgan fingerprint density at radius 3 is 2.39 bits per heavy atom. The third kappa shape index (κ3) is 4.81. The average Bonchev–Trinajstić information content (AvgIpc) is 2.77. The van der Waals surface area contributed by atoms with Gasteiger partial charge in [0, 0.05) is 19.0 Å². The molecule has 2 N–H and O–H groups in total. The van der Waals surface area contributed by atoms with Crippen LogP contribution in [-0.4, -0.2) is 60.8 Å². The van der Waals surface area contributed by atoms with Crippen molar-refractivity contribution in [3.05, 3.63) is 65.7 Å². The lowest BCUT2D eigenvalue weighted by atomic mass is 9.59. The molecule has 0 spiro atoms. The van der Waals surface area contributed by atoms with Crippen LogP contribution < -0.4 is 4.74 Å². The predicted octanol–water partition coefficient (Wildman–Crippen LogP) is 2.81. The Kier molecular flexibility index (Phi) is 7.12. The molecule has 6 atom stereocenters. The van der Waals surface area contributed by atoms with Gasteiger partial charge in [-0.15, -0.1) is 0 Å². The number of hydrogen-bond acceptors (Lipinski definition) is 7. The molecule has 8 heteroatoms. The molecule has 2 bridgehead atoms. The Hall–Kier alpha value is -1.97. The van der Waals surface area contributed by atoms with E-state index in [0.717, 1.165) is 23.8 Å². The Labute approximate surface area is 196 Å². The quantitative estimate of drug-likeness (QED) is 0.567. The number of hydrogen-bond donors (Lipinski definition) is 2. The van der Waals surface area contributed by atoms with Crippen LogP contribution in [-0.2, 0) is 26.3 Å². The first kappa shape index (κ1) is 24.2. The van der Waals surface area contributed by atoms with Crippen LogP contribution >= 0.6 is 0 Å². The fraction of sp³-hybridized carbons (Fsp3) is 0.520. The van der Waals surface area contributed by atoms with Crippen LogP contribution in [0.15, 0.2) is 54.6 Å². The highest BCUT2D eigenvalue weighted by molar-refractivity contribution is 7.86. The van der Waals surface area contributed by atoms with Crippen molar-refractivity contribution in [1.82, 2.24) is 4.90 Å². The van der Waals surface area contributed by atoms with Crippen LogP contribution in [0.4, 0.5) is 0 Å². The summed E-state index contributed by atoms with van der Waals surface area (Å²) in [7, 11) is -3.69. The first-order valence-electron chi connectivity index (χ1n) is 11.5. The van der Waals surface area contributed by atoms with Crippen LogP contribution in [0.25, 0.3) is 0 Å². The van der Waals surface area contributed by atoms with E-state index in [9.17, 15) is 18.6 Å². The van der Waals surface area contributed by atoms with Gasteiger partial charge >= 0.3 is 0 Å². The molecule has 0 aromatic heterocycles. The summed E-state index contributed by atoms with van der Waals surface area (Å²) in [5.74, 6) is 0.705. The minimum atomic E-state index is -3.69. The molecule has 0 saturated carbocycles. The molecular weight excluding hydrogens is 442 g/mol. The summed E-state index contributed by atoms with van der Waals surface area (Å²) < 4.78 is 35.0. The summed E-state index contributed by atoms with van der Waals surface area (Å²) in [6.45, 7) is 3.01. The molecule has 2 aromatic carbocycles. The minimum Gasteiger partial charge on any atom is -0.489 e. The highest BCUT2D eigenvalue weighted by atomic mass is 32.2. The largest absolute Gasteiger partial charge is 0.489 e. The van der Waals surface area contributed by atoms with Gasteiger partial charge in [-0.3, -0.25) is 9.08 Å². The van der Waals surface area contributed by atoms with Gasteiger partial charge in [-0.25, -0.2) is 0 Å². The van der Waals surface area contributed by atoms with E-state index in [4.69, 9.17) is 8.92 Å². The first-order chi connectivity index (χ1) is 15.8. The second-order valence-corrected chi connectivity index (χ2v) is 10.7. The Morgan fingerprint density at radius 1 is 1.06 bits per heavy atom. The van der Waals surface area contributed by atoms with Crippen LogP contribution in [0, 0.1) is 0 Å². The summed E-state index contributed by atoms with van der Waals surface area (Å²) in [4.78, 5) is 2.02. The van der Waals surface area contributed by atoms with E-state index in [2.05, 4.69) is 0 Å². The van der Waals surface area contributed by atoms with Gasteiger partial charge in [0.1, 0.15) is 18.6 Å². The predicted molar refractivity (Wildman–Crippen MR) is 125 cm³/mol. The van der Waals surface area contributed by atoms with Crippen molar-refractivity contribution in [2.24, 2.45) is 0 Å². The zero-order chi connectivity index (χ0) is 23.6. The van der Waals surface area contributed by atoms with Gasteiger partial charge in [0.15, 0.2) is 0 Å². The molecule has 0 aliphatic carbocycles.